The third-order valence-corrected chi connectivity index (χ3v) is 4.70. The molecule has 0 spiro atoms. The van der Waals surface area contributed by atoms with Crippen LogP contribution in [-0.4, -0.2) is 28.4 Å². The van der Waals surface area contributed by atoms with Crippen molar-refractivity contribution < 1.29 is 14.7 Å². The summed E-state index contributed by atoms with van der Waals surface area (Å²) in [5.74, 6) is -0.407. The monoisotopic (exact) mass is 325 g/mol. The Hall–Kier alpha value is -2.36. The van der Waals surface area contributed by atoms with Crippen molar-refractivity contribution in [2.24, 2.45) is 0 Å². The van der Waals surface area contributed by atoms with Crippen LogP contribution in [0.4, 0.5) is 0 Å². The molecule has 4 heteroatoms. The predicted octanol–water partition coefficient (Wildman–Crippen LogP) is 4.50. The van der Waals surface area contributed by atoms with Gasteiger partial charge in [0.25, 0.3) is 11.8 Å². The first-order valence-electron chi connectivity index (χ1n) is 8.76. The second kappa shape index (κ2) is 7.04. The molecule has 0 radical (unpaired) electrons. The van der Waals surface area contributed by atoms with Gasteiger partial charge in [0.2, 0.25) is 0 Å². The maximum absolute atomic E-state index is 12.7. The second-order valence-corrected chi connectivity index (χ2v) is 6.39. The first kappa shape index (κ1) is 16.5. The Kier molecular flexibility index (Phi) is 4.84. The number of amides is 2. The fraction of sp³-hybridized carbons (Fsp3) is 0.400. The summed E-state index contributed by atoms with van der Waals surface area (Å²) in [6.07, 6.45) is 6.66. The average Bonchev–Trinajstić information content (AvgIpc) is 2.59. The maximum atomic E-state index is 12.7. The number of carbonyl (C=O) groups excluding carboxylic acids is 2. The standard InChI is InChI=1S/C20H23NO3/c1-2-3-4-5-6-7-13-21-19(23)15-10-8-9-14-17(22)12-11-16(18(14)15)20(21)24/h8-12,22H,2-7,13H2,1H3. The first-order chi connectivity index (χ1) is 11.6. The summed E-state index contributed by atoms with van der Waals surface area (Å²) in [5.41, 5.74) is 1.01. The zero-order valence-electron chi connectivity index (χ0n) is 14.0. The Labute approximate surface area is 142 Å². The van der Waals surface area contributed by atoms with Gasteiger partial charge >= 0.3 is 0 Å². The molecule has 1 heterocycles. The Bertz CT molecular complexity index is 760. The van der Waals surface area contributed by atoms with Crippen molar-refractivity contribution in [3.05, 3.63) is 41.5 Å². The van der Waals surface area contributed by atoms with Gasteiger partial charge in [-0.25, -0.2) is 0 Å². The number of hydrogen-bond acceptors (Lipinski definition) is 3. The number of benzene rings is 2. The van der Waals surface area contributed by atoms with E-state index in [1.54, 1.807) is 24.3 Å². The molecule has 4 nitrogen and oxygen atoms in total. The van der Waals surface area contributed by atoms with Crippen LogP contribution in [0.2, 0.25) is 0 Å². The van der Waals surface area contributed by atoms with Crippen LogP contribution in [0.3, 0.4) is 0 Å². The summed E-state index contributed by atoms with van der Waals surface area (Å²) in [7, 11) is 0. The van der Waals surface area contributed by atoms with Gasteiger partial charge in [-0.2, -0.15) is 0 Å². The Morgan fingerprint density at radius 3 is 2.29 bits per heavy atom. The molecule has 0 atom stereocenters. The molecule has 1 N–H and O–H groups in total. The molecule has 2 amide bonds. The smallest absolute Gasteiger partial charge is 0.261 e. The maximum Gasteiger partial charge on any atom is 0.261 e. The van der Waals surface area contributed by atoms with Crippen molar-refractivity contribution in [2.75, 3.05) is 6.54 Å². The number of nitrogens with zero attached hydrogens (tertiary/aromatic N) is 1. The average molecular weight is 325 g/mol. The molecule has 0 aliphatic carbocycles. The van der Waals surface area contributed by atoms with E-state index in [-0.39, 0.29) is 17.6 Å². The molecule has 1 aliphatic heterocycles. The lowest BCUT2D eigenvalue weighted by Crippen LogP contribution is -2.40. The van der Waals surface area contributed by atoms with Gasteiger partial charge in [0, 0.05) is 28.4 Å². The molecular weight excluding hydrogens is 302 g/mol. The fourth-order valence-corrected chi connectivity index (χ4v) is 3.38. The predicted molar refractivity (Wildman–Crippen MR) is 94.4 cm³/mol. The third-order valence-electron chi connectivity index (χ3n) is 4.70. The van der Waals surface area contributed by atoms with Crippen LogP contribution in [0.15, 0.2) is 30.3 Å². The van der Waals surface area contributed by atoms with Crippen LogP contribution in [0, 0.1) is 0 Å². The minimum atomic E-state index is -0.253. The molecule has 0 saturated heterocycles. The minimum Gasteiger partial charge on any atom is -0.507 e. The number of imide groups is 1. The quantitative estimate of drug-likeness (QED) is 0.602. The van der Waals surface area contributed by atoms with Gasteiger partial charge in [0.05, 0.1) is 0 Å². The molecule has 1 aliphatic rings. The van der Waals surface area contributed by atoms with Gasteiger partial charge in [-0.1, -0.05) is 51.2 Å². The normalized spacial score (nSPS) is 13.8. The van der Waals surface area contributed by atoms with E-state index in [0.29, 0.717) is 28.4 Å². The van der Waals surface area contributed by atoms with Gasteiger partial charge in [-0.05, 0) is 24.6 Å². The highest BCUT2D eigenvalue weighted by Crippen LogP contribution is 2.34. The van der Waals surface area contributed by atoms with Crippen molar-refractivity contribution >= 4 is 22.6 Å². The molecule has 2 aromatic carbocycles. The molecular formula is C20H23NO3. The topological polar surface area (TPSA) is 57.6 Å². The summed E-state index contributed by atoms with van der Waals surface area (Å²) in [5, 5.41) is 11.1. The highest BCUT2D eigenvalue weighted by Gasteiger charge is 2.32. The lowest BCUT2D eigenvalue weighted by atomic mass is 9.93. The summed E-state index contributed by atoms with van der Waals surface area (Å²) >= 11 is 0. The van der Waals surface area contributed by atoms with Gasteiger partial charge < -0.3 is 5.11 Å². The molecule has 0 bridgehead atoms. The Balaban J connectivity index is 1.80. The summed E-state index contributed by atoms with van der Waals surface area (Å²) < 4.78 is 0. The van der Waals surface area contributed by atoms with Gasteiger partial charge in [-0.3, -0.25) is 14.5 Å². The van der Waals surface area contributed by atoms with E-state index in [9.17, 15) is 14.7 Å². The van der Waals surface area contributed by atoms with Crippen LogP contribution in [0.5, 0.6) is 5.75 Å². The largest absolute Gasteiger partial charge is 0.507 e. The summed E-state index contributed by atoms with van der Waals surface area (Å²) in [4.78, 5) is 26.8. The molecule has 0 unspecified atom stereocenters. The second-order valence-electron chi connectivity index (χ2n) is 6.39. The number of aromatic hydroxyl groups is 1. The van der Waals surface area contributed by atoms with E-state index in [1.165, 1.54) is 30.2 Å². The van der Waals surface area contributed by atoms with Crippen molar-refractivity contribution in [1.82, 2.24) is 4.90 Å². The summed E-state index contributed by atoms with van der Waals surface area (Å²) in [6, 6.07) is 8.36. The van der Waals surface area contributed by atoms with Crippen LogP contribution >= 0.6 is 0 Å². The lowest BCUT2D eigenvalue weighted by molar-refractivity contribution is 0.0608. The van der Waals surface area contributed by atoms with Crippen LogP contribution in [0.1, 0.15) is 66.2 Å². The number of rotatable bonds is 7. The fourth-order valence-electron chi connectivity index (χ4n) is 3.38. The molecule has 126 valence electrons. The SMILES string of the molecule is CCCCCCCCN1C(=O)c2cccc3c(O)ccc(c23)C1=O. The molecule has 0 fully saturated rings. The number of phenols is 1. The highest BCUT2D eigenvalue weighted by molar-refractivity contribution is 6.26. The van der Waals surface area contributed by atoms with E-state index >= 15 is 0 Å². The first-order valence-corrected chi connectivity index (χ1v) is 8.76. The van der Waals surface area contributed by atoms with Crippen LogP contribution in [-0.2, 0) is 0 Å². The van der Waals surface area contributed by atoms with Crippen molar-refractivity contribution in [2.45, 2.75) is 45.4 Å². The molecule has 3 rings (SSSR count). The lowest BCUT2D eigenvalue weighted by Gasteiger charge is -2.27. The zero-order chi connectivity index (χ0) is 17.1. The molecule has 2 aromatic rings. The molecule has 0 saturated carbocycles. The molecule has 24 heavy (non-hydrogen) atoms. The minimum absolute atomic E-state index is 0.0978. The number of carbonyl (C=O) groups is 2. The number of hydrogen-bond donors (Lipinski definition) is 1. The zero-order valence-corrected chi connectivity index (χ0v) is 14.0. The number of unbranched alkanes of at least 4 members (excludes halogenated alkanes) is 5. The third kappa shape index (κ3) is 2.88. The Morgan fingerprint density at radius 1 is 0.875 bits per heavy atom. The Morgan fingerprint density at radius 2 is 1.54 bits per heavy atom. The van der Waals surface area contributed by atoms with E-state index < -0.39 is 0 Å². The van der Waals surface area contributed by atoms with E-state index in [2.05, 4.69) is 6.92 Å². The van der Waals surface area contributed by atoms with E-state index in [0.717, 1.165) is 19.3 Å². The van der Waals surface area contributed by atoms with Gasteiger partial charge in [0.15, 0.2) is 0 Å². The van der Waals surface area contributed by atoms with Crippen LogP contribution in [0.25, 0.3) is 10.8 Å². The van der Waals surface area contributed by atoms with Crippen molar-refractivity contribution in [3.8, 4) is 5.75 Å². The van der Waals surface area contributed by atoms with Crippen molar-refractivity contribution in [3.63, 3.8) is 0 Å². The number of phenolic OH excluding ortho intramolecular Hbond substituents is 1. The summed E-state index contributed by atoms with van der Waals surface area (Å²) in [6.45, 7) is 2.64. The highest BCUT2D eigenvalue weighted by atomic mass is 16.3. The van der Waals surface area contributed by atoms with Gasteiger partial charge in [-0.15, -0.1) is 0 Å². The van der Waals surface area contributed by atoms with E-state index in [1.807, 2.05) is 0 Å². The van der Waals surface area contributed by atoms with Gasteiger partial charge in [0.1, 0.15) is 5.75 Å². The van der Waals surface area contributed by atoms with Crippen molar-refractivity contribution in [1.29, 1.82) is 0 Å². The van der Waals surface area contributed by atoms with E-state index in [4.69, 9.17) is 0 Å². The van der Waals surface area contributed by atoms with Crippen LogP contribution < -0.4 is 0 Å². The molecule has 0 aromatic heterocycles.